The molecule has 1 aromatic carbocycles. The van der Waals surface area contributed by atoms with E-state index in [1.54, 1.807) is 4.90 Å². The molecule has 0 radical (unpaired) electrons. The second-order valence-corrected chi connectivity index (χ2v) is 5.82. The molecule has 0 saturated carbocycles. The zero-order valence-electron chi connectivity index (χ0n) is 10.6. The Balaban J connectivity index is 1.58. The summed E-state index contributed by atoms with van der Waals surface area (Å²) < 4.78 is 1.02. The topological polar surface area (TPSA) is 82.5 Å². The number of urea groups is 1. The summed E-state index contributed by atoms with van der Waals surface area (Å²) in [6, 6.07) is 7.46. The third-order valence-corrected chi connectivity index (χ3v) is 4.17. The number of carbonyl (C=O) groups excluding carboxylic acids is 1. The lowest BCUT2D eigenvalue weighted by atomic mass is 9.97. The minimum absolute atomic E-state index is 0.0635. The van der Waals surface area contributed by atoms with Crippen molar-refractivity contribution in [3.63, 3.8) is 0 Å². The van der Waals surface area contributed by atoms with E-state index in [-0.39, 0.29) is 18.4 Å². The van der Waals surface area contributed by atoms with Crippen LogP contribution in [0.15, 0.2) is 24.3 Å². The number of rotatable bonds is 3. The van der Waals surface area contributed by atoms with E-state index < -0.39 is 5.97 Å². The fourth-order valence-electron chi connectivity index (χ4n) is 2.21. The summed E-state index contributed by atoms with van der Waals surface area (Å²) in [6.07, 6.45) is 0.116. The molecule has 3 rings (SSSR count). The predicted molar refractivity (Wildman–Crippen MR) is 76.0 cm³/mol. The molecule has 0 atom stereocenters. The number of para-hydroxylation sites is 1. The first-order chi connectivity index (χ1) is 9.61. The Morgan fingerprint density at radius 3 is 2.85 bits per heavy atom. The maximum Gasteiger partial charge on any atom is 0.323 e. The number of carboxylic acid groups (broad SMARTS) is 1. The van der Waals surface area contributed by atoms with Crippen molar-refractivity contribution in [3.8, 4) is 0 Å². The third kappa shape index (κ3) is 2.57. The van der Waals surface area contributed by atoms with Crippen LogP contribution in [0.25, 0.3) is 10.2 Å². The van der Waals surface area contributed by atoms with E-state index >= 15 is 0 Å². The van der Waals surface area contributed by atoms with Gasteiger partial charge in [-0.1, -0.05) is 23.5 Å². The molecule has 1 aromatic heterocycles. The van der Waals surface area contributed by atoms with Gasteiger partial charge in [-0.15, -0.1) is 0 Å². The SMILES string of the molecule is O=C(O)CC1CN(C(=O)Nc2nc3ccccc3s2)C1. The minimum Gasteiger partial charge on any atom is -0.481 e. The third-order valence-electron chi connectivity index (χ3n) is 3.22. The van der Waals surface area contributed by atoms with Crippen molar-refractivity contribution in [2.45, 2.75) is 6.42 Å². The zero-order chi connectivity index (χ0) is 14.1. The highest BCUT2D eigenvalue weighted by Crippen LogP contribution is 2.26. The van der Waals surface area contributed by atoms with Crippen molar-refractivity contribution in [2.75, 3.05) is 18.4 Å². The van der Waals surface area contributed by atoms with Crippen LogP contribution in [0.1, 0.15) is 6.42 Å². The lowest BCUT2D eigenvalue weighted by Gasteiger charge is -2.38. The number of benzene rings is 1. The molecule has 1 aliphatic rings. The number of anilines is 1. The zero-order valence-corrected chi connectivity index (χ0v) is 11.4. The van der Waals surface area contributed by atoms with Crippen LogP contribution in [0.3, 0.4) is 0 Å². The standard InChI is InChI=1S/C13H13N3O3S/c17-11(18)5-8-6-16(7-8)13(19)15-12-14-9-3-1-2-4-10(9)20-12/h1-4,8H,5-7H2,(H,17,18)(H,14,15,19). The molecule has 20 heavy (non-hydrogen) atoms. The molecule has 104 valence electrons. The number of nitrogens with one attached hydrogen (secondary N) is 1. The van der Waals surface area contributed by atoms with E-state index in [1.165, 1.54) is 11.3 Å². The molecular formula is C13H13N3O3S. The summed E-state index contributed by atoms with van der Waals surface area (Å²) in [6.45, 7) is 0.978. The Morgan fingerprint density at radius 1 is 1.40 bits per heavy atom. The van der Waals surface area contributed by atoms with Crippen LogP contribution in [0, 0.1) is 5.92 Å². The molecule has 1 fully saturated rings. The minimum atomic E-state index is -0.818. The molecule has 0 bridgehead atoms. The number of amides is 2. The van der Waals surface area contributed by atoms with Gasteiger partial charge in [0.25, 0.3) is 0 Å². The lowest BCUT2D eigenvalue weighted by molar-refractivity contribution is -0.139. The van der Waals surface area contributed by atoms with Crippen molar-refractivity contribution in [3.05, 3.63) is 24.3 Å². The maximum absolute atomic E-state index is 11.9. The summed E-state index contributed by atoms with van der Waals surface area (Å²) in [5, 5.41) is 12.0. The van der Waals surface area contributed by atoms with Gasteiger partial charge in [-0.25, -0.2) is 9.78 Å². The summed E-state index contributed by atoms with van der Waals surface area (Å²) >= 11 is 1.43. The second kappa shape index (κ2) is 5.09. The molecule has 1 saturated heterocycles. The van der Waals surface area contributed by atoms with Crippen molar-refractivity contribution in [2.24, 2.45) is 5.92 Å². The van der Waals surface area contributed by atoms with E-state index in [4.69, 9.17) is 5.11 Å². The first kappa shape index (κ1) is 12.9. The van der Waals surface area contributed by atoms with Crippen molar-refractivity contribution < 1.29 is 14.7 Å². The highest BCUT2D eigenvalue weighted by atomic mass is 32.1. The quantitative estimate of drug-likeness (QED) is 0.908. The molecule has 2 heterocycles. The number of aliphatic carboxylic acids is 1. The molecule has 1 aliphatic heterocycles. The number of aromatic nitrogens is 1. The largest absolute Gasteiger partial charge is 0.481 e. The Bertz CT molecular complexity index is 631. The first-order valence-corrected chi connectivity index (χ1v) is 7.07. The van der Waals surface area contributed by atoms with Crippen LogP contribution in [0.5, 0.6) is 0 Å². The predicted octanol–water partition coefficient (Wildman–Crippen LogP) is 2.23. The van der Waals surface area contributed by atoms with Gasteiger partial charge in [0.2, 0.25) is 0 Å². The monoisotopic (exact) mass is 291 g/mol. The Labute approximate surface area is 119 Å². The van der Waals surface area contributed by atoms with E-state index in [0.717, 1.165) is 10.2 Å². The number of likely N-dealkylation sites (tertiary alicyclic amines) is 1. The van der Waals surface area contributed by atoms with Crippen LogP contribution < -0.4 is 5.32 Å². The molecule has 0 unspecified atom stereocenters. The van der Waals surface area contributed by atoms with Crippen molar-refractivity contribution in [1.82, 2.24) is 9.88 Å². The lowest BCUT2D eigenvalue weighted by Crippen LogP contribution is -2.52. The molecule has 2 aromatic rings. The molecule has 0 spiro atoms. The number of hydrogen-bond acceptors (Lipinski definition) is 4. The van der Waals surface area contributed by atoms with Crippen LogP contribution in [-0.2, 0) is 4.79 Å². The smallest absolute Gasteiger partial charge is 0.323 e. The number of carboxylic acids is 1. The summed E-state index contributed by atoms with van der Waals surface area (Å²) in [5.41, 5.74) is 0.861. The molecule has 2 N–H and O–H groups in total. The summed E-state index contributed by atoms with van der Waals surface area (Å²) in [7, 11) is 0. The van der Waals surface area contributed by atoms with Gasteiger partial charge in [0, 0.05) is 19.0 Å². The maximum atomic E-state index is 11.9. The number of thiazole rings is 1. The average molecular weight is 291 g/mol. The highest BCUT2D eigenvalue weighted by Gasteiger charge is 2.32. The van der Waals surface area contributed by atoms with Gasteiger partial charge in [-0.2, -0.15) is 0 Å². The molecule has 7 heteroatoms. The van der Waals surface area contributed by atoms with Gasteiger partial charge in [-0.3, -0.25) is 10.1 Å². The van der Waals surface area contributed by atoms with E-state index in [0.29, 0.717) is 18.2 Å². The number of fused-ring (bicyclic) bond motifs is 1. The summed E-state index contributed by atoms with van der Waals surface area (Å²) in [5.74, 6) is -0.755. The van der Waals surface area contributed by atoms with Crippen molar-refractivity contribution >= 4 is 38.7 Å². The molecule has 2 amide bonds. The Kier molecular flexibility index (Phi) is 3.27. The van der Waals surface area contributed by atoms with Gasteiger partial charge in [0.15, 0.2) is 5.13 Å². The Hall–Kier alpha value is -2.15. The normalized spacial score (nSPS) is 15.1. The number of nitrogens with zero attached hydrogens (tertiary/aromatic N) is 2. The second-order valence-electron chi connectivity index (χ2n) is 4.79. The highest BCUT2D eigenvalue weighted by molar-refractivity contribution is 7.22. The van der Waals surface area contributed by atoms with E-state index in [1.807, 2.05) is 24.3 Å². The van der Waals surface area contributed by atoms with E-state index in [9.17, 15) is 9.59 Å². The van der Waals surface area contributed by atoms with Crippen molar-refractivity contribution in [1.29, 1.82) is 0 Å². The van der Waals surface area contributed by atoms with Crippen LogP contribution in [0.2, 0.25) is 0 Å². The van der Waals surface area contributed by atoms with Gasteiger partial charge in [0.1, 0.15) is 0 Å². The Morgan fingerprint density at radius 2 is 2.15 bits per heavy atom. The molecule has 0 aliphatic carbocycles. The van der Waals surface area contributed by atoms with Crippen LogP contribution in [0.4, 0.5) is 9.93 Å². The average Bonchev–Trinajstić information content (AvgIpc) is 2.74. The fraction of sp³-hybridized carbons (Fsp3) is 0.308. The summed E-state index contributed by atoms with van der Waals surface area (Å²) in [4.78, 5) is 28.4. The van der Waals surface area contributed by atoms with Gasteiger partial charge < -0.3 is 10.0 Å². The number of hydrogen-bond donors (Lipinski definition) is 2. The van der Waals surface area contributed by atoms with Gasteiger partial charge in [-0.05, 0) is 12.1 Å². The van der Waals surface area contributed by atoms with Gasteiger partial charge in [0.05, 0.1) is 16.6 Å². The van der Waals surface area contributed by atoms with E-state index in [2.05, 4.69) is 10.3 Å². The molecule has 6 nitrogen and oxygen atoms in total. The molecular weight excluding hydrogens is 278 g/mol. The van der Waals surface area contributed by atoms with Crippen LogP contribution >= 0.6 is 11.3 Å². The number of carbonyl (C=O) groups is 2. The van der Waals surface area contributed by atoms with Crippen LogP contribution in [-0.4, -0.2) is 40.1 Å². The fourth-order valence-corrected chi connectivity index (χ4v) is 3.06. The van der Waals surface area contributed by atoms with Gasteiger partial charge >= 0.3 is 12.0 Å². The first-order valence-electron chi connectivity index (χ1n) is 6.25.